The van der Waals surface area contributed by atoms with E-state index in [4.69, 9.17) is 4.74 Å². The van der Waals surface area contributed by atoms with Crippen LogP contribution in [0.15, 0.2) is 14.9 Å². The molecule has 0 aromatic rings. The Morgan fingerprint density at radius 2 is 2.39 bits per heavy atom. The predicted molar refractivity (Wildman–Crippen MR) is 90.2 cm³/mol. The summed E-state index contributed by atoms with van der Waals surface area (Å²) in [6.45, 7) is 3.74. The van der Waals surface area contributed by atoms with Gasteiger partial charge >= 0.3 is 5.97 Å². The van der Waals surface area contributed by atoms with Gasteiger partial charge in [0.1, 0.15) is 12.4 Å². The topological polar surface area (TPSA) is 91.2 Å². The predicted octanol–water partition coefficient (Wildman–Crippen LogP) is 0.931. The van der Waals surface area contributed by atoms with Crippen LogP contribution in [0.25, 0.3) is 0 Å². The minimum atomic E-state index is -1.03. The summed E-state index contributed by atoms with van der Waals surface area (Å²) >= 11 is 3.01. The zero-order valence-corrected chi connectivity index (χ0v) is 14.6. The zero-order chi connectivity index (χ0) is 16.6. The van der Waals surface area contributed by atoms with Crippen LogP contribution in [0.1, 0.15) is 13.3 Å². The SMILES string of the molecule is CCC1C(=O)N2C(C(=O)O)=C(SC3CN=C(COC)NC3)S[C@@H]12. The van der Waals surface area contributed by atoms with Gasteiger partial charge in [-0.15, -0.1) is 11.8 Å². The summed E-state index contributed by atoms with van der Waals surface area (Å²) in [6, 6.07) is 0. The highest BCUT2D eigenvalue weighted by molar-refractivity contribution is 8.23. The van der Waals surface area contributed by atoms with Crippen LogP contribution in [0, 0.1) is 5.92 Å². The molecule has 3 aliphatic heterocycles. The molecule has 0 saturated carbocycles. The molecule has 1 fully saturated rings. The molecule has 0 bridgehead atoms. The minimum Gasteiger partial charge on any atom is -0.477 e. The van der Waals surface area contributed by atoms with Gasteiger partial charge in [0.2, 0.25) is 5.91 Å². The molecule has 1 amide bonds. The van der Waals surface area contributed by atoms with E-state index in [1.54, 1.807) is 7.11 Å². The van der Waals surface area contributed by atoms with Crippen LogP contribution in [0.3, 0.4) is 0 Å². The van der Waals surface area contributed by atoms with Crippen molar-refractivity contribution >= 4 is 41.2 Å². The van der Waals surface area contributed by atoms with Crippen LogP contribution in [-0.2, 0) is 14.3 Å². The van der Waals surface area contributed by atoms with Crippen molar-refractivity contribution in [1.29, 1.82) is 0 Å². The maximum Gasteiger partial charge on any atom is 0.354 e. The molecule has 2 N–H and O–H groups in total. The molecule has 3 rings (SSSR count). The number of amidine groups is 1. The molecule has 1 saturated heterocycles. The Balaban J connectivity index is 1.70. The van der Waals surface area contributed by atoms with Gasteiger partial charge in [0.15, 0.2) is 5.70 Å². The minimum absolute atomic E-state index is 0.0507. The molecule has 7 nitrogen and oxygen atoms in total. The zero-order valence-electron chi connectivity index (χ0n) is 12.9. The highest BCUT2D eigenvalue weighted by Crippen LogP contribution is 2.54. The molecule has 0 radical (unpaired) electrons. The van der Waals surface area contributed by atoms with Crippen molar-refractivity contribution < 1.29 is 19.4 Å². The van der Waals surface area contributed by atoms with E-state index < -0.39 is 5.97 Å². The van der Waals surface area contributed by atoms with Crippen LogP contribution >= 0.6 is 23.5 Å². The molecule has 3 atom stereocenters. The summed E-state index contributed by atoms with van der Waals surface area (Å²) in [7, 11) is 1.62. The number of carbonyl (C=O) groups is 2. The summed E-state index contributed by atoms with van der Waals surface area (Å²) in [4.78, 5) is 29.5. The second-order valence-electron chi connectivity index (χ2n) is 5.51. The molecule has 9 heteroatoms. The van der Waals surface area contributed by atoms with Crippen molar-refractivity contribution in [2.75, 3.05) is 26.8 Å². The molecule has 0 aliphatic carbocycles. The summed E-state index contributed by atoms with van der Waals surface area (Å²) < 4.78 is 5.76. The number of hydrogen-bond donors (Lipinski definition) is 2. The van der Waals surface area contributed by atoms with Crippen LogP contribution in [0.4, 0.5) is 0 Å². The number of carboxylic acids is 1. The Morgan fingerprint density at radius 3 is 2.96 bits per heavy atom. The number of methoxy groups -OCH3 is 1. The third-order valence-corrected chi connectivity index (χ3v) is 6.85. The highest BCUT2D eigenvalue weighted by atomic mass is 32.2. The number of carbonyl (C=O) groups excluding carboxylic acids is 1. The van der Waals surface area contributed by atoms with Crippen LogP contribution < -0.4 is 5.32 Å². The van der Waals surface area contributed by atoms with Crippen LogP contribution in [-0.4, -0.2) is 65.1 Å². The molecule has 126 valence electrons. The van der Waals surface area contributed by atoms with Gasteiger partial charge in [0.05, 0.1) is 22.1 Å². The van der Waals surface area contributed by atoms with Gasteiger partial charge in [0, 0.05) is 18.9 Å². The number of ether oxygens (including phenoxy) is 1. The second-order valence-corrected chi connectivity index (χ2v) is 8.21. The van der Waals surface area contributed by atoms with Gasteiger partial charge in [-0.1, -0.05) is 18.7 Å². The third-order valence-electron chi connectivity index (χ3n) is 4.03. The van der Waals surface area contributed by atoms with E-state index in [-0.39, 0.29) is 28.1 Å². The molecular formula is C14H19N3O4S2. The van der Waals surface area contributed by atoms with E-state index in [0.29, 0.717) is 19.7 Å². The number of aliphatic imine (C=N–C) groups is 1. The maximum atomic E-state index is 12.1. The highest BCUT2D eigenvalue weighted by Gasteiger charge is 2.55. The maximum absolute atomic E-state index is 12.1. The smallest absolute Gasteiger partial charge is 0.354 e. The third kappa shape index (κ3) is 2.97. The quantitative estimate of drug-likeness (QED) is 0.683. The van der Waals surface area contributed by atoms with Gasteiger partial charge in [-0.3, -0.25) is 14.7 Å². The van der Waals surface area contributed by atoms with E-state index in [1.807, 2.05) is 6.92 Å². The van der Waals surface area contributed by atoms with Crippen LogP contribution in [0.5, 0.6) is 0 Å². The number of fused-ring (bicyclic) bond motifs is 1. The lowest BCUT2D eigenvalue weighted by Crippen LogP contribution is -2.56. The molecule has 3 aliphatic rings. The van der Waals surface area contributed by atoms with Gasteiger partial charge in [-0.25, -0.2) is 4.79 Å². The Morgan fingerprint density at radius 1 is 1.61 bits per heavy atom. The van der Waals surface area contributed by atoms with E-state index in [1.165, 1.54) is 28.4 Å². The standard InChI is InChI=1S/C14H19N3O4S2/c1-3-8-11(18)17-10(13(19)20)14(23-12(8)17)22-7-4-15-9(6-21-2)16-5-7/h7-8,12H,3-6H2,1-2H3,(H,15,16)(H,19,20)/t8?,12-/m0/s1. The van der Waals surface area contributed by atoms with Crippen molar-refractivity contribution in [2.24, 2.45) is 10.9 Å². The van der Waals surface area contributed by atoms with Crippen LogP contribution in [0.2, 0.25) is 0 Å². The molecule has 0 aromatic heterocycles. The molecule has 2 unspecified atom stereocenters. The summed E-state index contributed by atoms with van der Waals surface area (Å²) in [5.74, 6) is -0.345. The lowest BCUT2D eigenvalue weighted by atomic mass is 9.95. The number of thioether (sulfide) groups is 2. The molecule has 23 heavy (non-hydrogen) atoms. The number of hydrogen-bond acceptors (Lipinski definition) is 7. The first-order valence-corrected chi connectivity index (χ1v) is 9.22. The average molecular weight is 357 g/mol. The van der Waals surface area contributed by atoms with Crippen molar-refractivity contribution in [1.82, 2.24) is 10.2 Å². The summed E-state index contributed by atoms with van der Waals surface area (Å²) in [5, 5.41) is 12.8. The van der Waals surface area contributed by atoms with E-state index in [0.717, 1.165) is 16.5 Å². The fourth-order valence-electron chi connectivity index (χ4n) is 2.84. The van der Waals surface area contributed by atoms with Crippen molar-refractivity contribution in [3.8, 4) is 0 Å². The fraction of sp³-hybridized carbons (Fsp3) is 0.643. The Hall–Kier alpha value is -1.19. The van der Waals surface area contributed by atoms with Gasteiger partial charge < -0.3 is 15.2 Å². The van der Waals surface area contributed by atoms with Gasteiger partial charge in [-0.05, 0) is 6.42 Å². The van der Waals surface area contributed by atoms with Crippen molar-refractivity contribution in [3.63, 3.8) is 0 Å². The largest absolute Gasteiger partial charge is 0.477 e. The monoisotopic (exact) mass is 357 g/mol. The lowest BCUT2D eigenvalue weighted by Gasteiger charge is -2.41. The number of nitrogens with one attached hydrogen (secondary N) is 1. The molecular weight excluding hydrogens is 338 g/mol. The number of rotatable bonds is 6. The van der Waals surface area contributed by atoms with E-state index >= 15 is 0 Å². The van der Waals surface area contributed by atoms with Gasteiger partial charge in [-0.2, -0.15) is 0 Å². The number of nitrogens with zero attached hydrogens (tertiary/aromatic N) is 2. The number of aliphatic carboxylic acids is 1. The van der Waals surface area contributed by atoms with Crippen molar-refractivity contribution in [3.05, 3.63) is 9.93 Å². The number of amides is 1. The average Bonchev–Trinajstić information content (AvgIpc) is 2.85. The first kappa shape index (κ1) is 16.7. The normalized spacial score (nSPS) is 29.8. The number of carboxylic acid groups (broad SMARTS) is 1. The van der Waals surface area contributed by atoms with E-state index in [9.17, 15) is 14.7 Å². The van der Waals surface area contributed by atoms with Crippen molar-refractivity contribution in [2.45, 2.75) is 24.0 Å². The Labute approximate surface area is 142 Å². The van der Waals surface area contributed by atoms with Gasteiger partial charge in [0.25, 0.3) is 0 Å². The first-order valence-electron chi connectivity index (χ1n) is 7.46. The molecule has 0 aromatic carbocycles. The fourth-order valence-corrected chi connectivity index (χ4v) is 5.98. The summed E-state index contributed by atoms with van der Waals surface area (Å²) in [5.41, 5.74) is 0.145. The number of β-lactam (4-membered cyclic amide) rings is 1. The Kier molecular flexibility index (Phi) is 4.88. The first-order chi connectivity index (χ1) is 11.1. The Bertz CT molecular complexity index is 593. The van der Waals surface area contributed by atoms with E-state index in [2.05, 4.69) is 10.3 Å². The summed E-state index contributed by atoms with van der Waals surface area (Å²) in [6.07, 6.45) is 0.744. The molecule has 3 heterocycles. The molecule has 0 spiro atoms. The second kappa shape index (κ2) is 6.74. The lowest BCUT2D eigenvalue weighted by molar-refractivity contribution is -0.151.